The standard InChI is InChI=1S/C12H21NO2/c1-4-11-6-7-12(15-11)10(3)13-8-9-14-5-2/h6-7,10,13H,4-5,8-9H2,1-3H3. The van der Waals surface area contributed by atoms with Crippen LogP contribution >= 0.6 is 0 Å². The molecule has 1 N–H and O–H groups in total. The fourth-order valence-corrected chi connectivity index (χ4v) is 1.41. The van der Waals surface area contributed by atoms with Crippen molar-refractivity contribution in [2.45, 2.75) is 33.2 Å². The molecule has 1 aromatic rings. The summed E-state index contributed by atoms with van der Waals surface area (Å²) < 4.78 is 10.9. The van der Waals surface area contributed by atoms with Gasteiger partial charge in [-0.3, -0.25) is 0 Å². The van der Waals surface area contributed by atoms with Crippen molar-refractivity contribution in [1.29, 1.82) is 0 Å². The Kier molecular flexibility index (Phi) is 5.43. The highest BCUT2D eigenvalue weighted by molar-refractivity contribution is 5.09. The van der Waals surface area contributed by atoms with Gasteiger partial charge in [0.25, 0.3) is 0 Å². The minimum atomic E-state index is 0.255. The lowest BCUT2D eigenvalue weighted by Crippen LogP contribution is -2.22. The molecule has 0 aliphatic heterocycles. The van der Waals surface area contributed by atoms with E-state index in [0.717, 1.165) is 37.7 Å². The maximum absolute atomic E-state index is 5.65. The predicted octanol–water partition coefficient (Wildman–Crippen LogP) is 2.53. The van der Waals surface area contributed by atoms with E-state index in [1.807, 2.05) is 19.1 Å². The zero-order valence-electron chi connectivity index (χ0n) is 9.88. The Morgan fingerprint density at radius 2 is 2.20 bits per heavy atom. The Morgan fingerprint density at radius 3 is 2.80 bits per heavy atom. The van der Waals surface area contributed by atoms with Crippen LogP contribution in [0, 0.1) is 0 Å². The maximum atomic E-state index is 5.65. The lowest BCUT2D eigenvalue weighted by Gasteiger charge is -2.10. The van der Waals surface area contributed by atoms with E-state index in [0.29, 0.717) is 0 Å². The lowest BCUT2D eigenvalue weighted by atomic mass is 10.2. The average molecular weight is 211 g/mol. The van der Waals surface area contributed by atoms with Crippen LogP contribution in [0.1, 0.15) is 38.3 Å². The summed E-state index contributed by atoms with van der Waals surface area (Å²) in [5, 5.41) is 3.35. The summed E-state index contributed by atoms with van der Waals surface area (Å²) in [6.07, 6.45) is 0.950. The van der Waals surface area contributed by atoms with Gasteiger partial charge in [-0.2, -0.15) is 0 Å². The van der Waals surface area contributed by atoms with Crippen molar-refractivity contribution in [3.05, 3.63) is 23.7 Å². The number of nitrogens with one attached hydrogen (secondary N) is 1. The molecule has 3 nitrogen and oxygen atoms in total. The first-order valence-electron chi connectivity index (χ1n) is 5.67. The summed E-state index contributed by atoms with van der Waals surface area (Å²) in [6.45, 7) is 8.58. The number of aryl methyl sites for hydroxylation is 1. The van der Waals surface area contributed by atoms with Gasteiger partial charge < -0.3 is 14.5 Å². The van der Waals surface area contributed by atoms with E-state index < -0.39 is 0 Å². The van der Waals surface area contributed by atoms with Gasteiger partial charge in [0.2, 0.25) is 0 Å². The fraction of sp³-hybridized carbons (Fsp3) is 0.667. The van der Waals surface area contributed by atoms with Crippen LogP contribution in [0.3, 0.4) is 0 Å². The first-order chi connectivity index (χ1) is 7.27. The molecule has 0 aliphatic rings. The fourth-order valence-electron chi connectivity index (χ4n) is 1.41. The molecule has 1 atom stereocenters. The normalized spacial score (nSPS) is 13.0. The van der Waals surface area contributed by atoms with Crippen LogP contribution in [0.5, 0.6) is 0 Å². The van der Waals surface area contributed by atoms with E-state index in [1.54, 1.807) is 0 Å². The van der Waals surface area contributed by atoms with Crippen molar-refractivity contribution in [2.24, 2.45) is 0 Å². The van der Waals surface area contributed by atoms with Crippen molar-refractivity contribution >= 4 is 0 Å². The number of hydrogen-bond acceptors (Lipinski definition) is 3. The molecule has 0 fully saturated rings. The predicted molar refractivity (Wildman–Crippen MR) is 61.0 cm³/mol. The van der Waals surface area contributed by atoms with E-state index in [9.17, 15) is 0 Å². The summed E-state index contributed by atoms with van der Waals surface area (Å²) in [5.41, 5.74) is 0. The highest BCUT2D eigenvalue weighted by Crippen LogP contribution is 2.16. The minimum Gasteiger partial charge on any atom is -0.464 e. The van der Waals surface area contributed by atoms with Gasteiger partial charge in [0.1, 0.15) is 11.5 Å². The van der Waals surface area contributed by atoms with Crippen molar-refractivity contribution < 1.29 is 9.15 Å². The Bertz CT molecular complexity index is 270. The molecule has 1 heterocycles. The van der Waals surface area contributed by atoms with Crippen molar-refractivity contribution in [1.82, 2.24) is 5.32 Å². The van der Waals surface area contributed by atoms with E-state index >= 15 is 0 Å². The van der Waals surface area contributed by atoms with Crippen molar-refractivity contribution in [3.63, 3.8) is 0 Å². The van der Waals surface area contributed by atoms with E-state index in [2.05, 4.69) is 19.2 Å². The Labute approximate surface area is 91.8 Å². The second-order valence-corrected chi connectivity index (χ2v) is 3.53. The van der Waals surface area contributed by atoms with Gasteiger partial charge in [0.05, 0.1) is 12.6 Å². The molecule has 86 valence electrons. The zero-order chi connectivity index (χ0) is 11.1. The highest BCUT2D eigenvalue weighted by atomic mass is 16.5. The monoisotopic (exact) mass is 211 g/mol. The smallest absolute Gasteiger partial charge is 0.120 e. The van der Waals surface area contributed by atoms with E-state index in [1.165, 1.54) is 0 Å². The molecule has 0 saturated heterocycles. The molecule has 3 heteroatoms. The molecule has 1 aromatic heterocycles. The van der Waals surface area contributed by atoms with Crippen LogP contribution in [0.4, 0.5) is 0 Å². The molecule has 0 radical (unpaired) electrons. The molecule has 0 saturated carbocycles. The number of ether oxygens (including phenoxy) is 1. The minimum absolute atomic E-state index is 0.255. The summed E-state index contributed by atoms with van der Waals surface area (Å²) >= 11 is 0. The van der Waals surface area contributed by atoms with E-state index in [-0.39, 0.29) is 6.04 Å². The van der Waals surface area contributed by atoms with Crippen molar-refractivity contribution in [3.8, 4) is 0 Å². The summed E-state index contributed by atoms with van der Waals surface area (Å²) in [7, 11) is 0. The quantitative estimate of drug-likeness (QED) is 0.704. The summed E-state index contributed by atoms with van der Waals surface area (Å²) in [6, 6.07) is 4.33. The average Bonchev–Trinajstić information content (AvgIpc) is 2.72. The number of furan rings is 1. The second-order valence-electron chi connectivity index (χ2n) is 3.53. The van der Waals surface area contributed by atoms with Crippen LogP contribution in [-0.4, -0.2) is 19.8 Å². The molecule has 1 unspecified atom stereocenters. The first kappa shape index (κ1) is 12.3. The van der Waals surface area contributed by atoms with Gasteiger partial charge >= 0.3 is 0 Å². The van der Waals surface area contributed by atoms with Crippen LogP contribution in [0.15, 0.2) is 16.5 Å². The van der Waals surface area contributed by atoms with Crippen LogP contribution < -0.4 is 5.32 Å². The maximum Gasteiger partial charge on any atom is 0.120 e. The van der Waals surface area contributed by atoms with Gasteiger partial charge in [0, 0.05) is 19.6 Å². The van der Waals surface area contributed by atoms with Gasteiger partial charge in [-0.05, 0) is 26.0 Å². The third kappa shape index (κ3) is 4.06. The van der Waals surface area contributed by atoms with Crippen LogP contribution in [0.25, 0.3) is 0 Å². The molecular weight excluding hydrogens is 190 g/mol. The van der Waals surface area contributed by atoms with Crippen molar-refractivity contribution in [2.75, 3.05) is 19.8 Å². The molecule has 0 bridgehead atoms. The molecule has 0 aliphatic carbocycles. The Balaban J connectivity index is 2.29. The van der Waals surface area contributed by atoms with Gasteiger partial charge in [-0.1, -0.05) is 6.92 Å². The SMILES string of the molecule is CCOCCNC(C)c1ccc(CC)o1. The Morgan fingerprint density at radius 1 is 1.40 bits per heavy atom. The molecule has 0 spiro atoms. The van der Waals surface area contributed by atoms with Gasteiger partial charge in [0.15, 0.2) is 0 Å². The summed E-state index contributed by atoms with van der Waals surface area (Å²) in [5.74, 6) is 2.05. The second kappa shape index (κ2) is 6.64. The summed E-state index contributed by atoms with van der Waals surface area (Å²) in [4.78, 5) is 0. The van der Waals surface area contributed by atoms with Gasteiger partial charge in [-0.25, -0.2) is 0 Å². The zero-order valence-corrected chi connectivity index (χ0v) is 9.88. The molecule has 0 amide bonds. The Hall–Kier alpha value is -0.800. The molecule has 0 aromatic carbocycles. The van der Waals surface area contributed by atoms with Crippen LogP contribution in [0.2, 0.25) is 0 Å². The largest absolute Gasteiger partial charge is 0.464 e. The third-order valence-electron chi connectivity index (χ3n) is 2.36. The molecule has 1 rings (SSSR count). The van der Waals surface area contributed by atoms with Gasteiger partial charge in [-0.15, -0.1) is 0 Å². The topological polar surface area (TPSA) is 34.4 Å². The number of hydrogen-bond donors (Lipinski definition) is 1. The first-order valence-corrected chi connectivity index (χ1v) is 5.67. The third-order valence-corrected chi connectivity index (χ3v) is 2.36. The van der Waals surface area contributed by atoms with Crippen LogP contribution in [-0.2, 0) is 11.2 Å². The number of rotatable bonds is 7. The molecular formula is C12H21NO2. The lowest BCUT2D eigenvalue weighted by molar-refractivity contribution is 0.146. The molecule has 15 heavy (non-hydrogen) atoms. The van der Waals surface area contributed by atoms with E-state index in [4.69, 9.17) is 9.15 Å². The highest BCUT2D eigenvalue weighted by Gasteiger charge is 2.08.